The summed E-state index contributed by atoms with van der Waals surface area (Å²) in [6, 6.07) is 14.5. The Kier molecular flexibility index (Phi) is 22.1. The van der Waals surface area contributed by atoms with E-state index >= 15 is 0 Å². The Morgan fingerprint density at radius 3 is 1.73 bits per heavy atom. The molecule has 0 spiro atoms. The molecule has 1 aromatic heterocycles. The van der Waals surface area contributed by atoms with Crippen LogP contribution in [0.2, 0.25) is 0 Å². The van der Waals surface area contributed by atoms with Crippen molar-refractivity contribution in [3.05, 3.63) is 77.1 Å². The van der Waals surface area contributed by atoms with Gasteiger partial charge in [-0.05, 0) is 25.0 Å². The minimum Gasteiger partial charge on any atom is -0.468 e. The molecule has 2 atom stereocenters. The lowest BCUT2D eigenvalue weighted by atomic mass is 10.1. The van der Waals surface area contributed by atoms with Crippen molar-refractivity contribution in [1.29, 1.82) is 0 Å². The van der Waals surface area contributed by atoms with Crippen molar-refractivity contribution in [1.82, 2.24) is 24.6 Å². The lowest BCUT2D eigenvalue weighted by molar-refractivity contribution is -0.141. The van der Waals surface area contributed by atoms with Crippen LogP contribution in [0.25, 0.3) is 0 Å². The number of aliphatic imine (C=N–C) groups is 2. The lowest BCUT2D eigenvalue weighted by Gasteiger charge is -2.25. The highest BCUT2D eigenvalue weighted by molar-refractivity contribution is 8.14. The third-order valence-corrected chi connectivity index (χ3v) is 9.78. The number of hydrogen-bond acceptors (Lipinski definition) is 12. The van der Waals surface area contributed by atoms with Crippen LogP contribution < -0.4 is 5.73 Å². The van der Waals surface area contributed by atoms with E-state index in [-0.39, 0.29) is 11.2 Å². The van der Waals surface area contributed by atoms with E-state index in [9.17, 15) is 19.2 Å². The molecule has 5 rings (SSSR count). The molecule has 0 saturated carbocycles. The molecular weight excluding hydrogens is 761 g/mol. The van der Waals surface area contributed by atoms with E-state index in [0.717, 1.165) is 52.1 Å². The number of ether oxygens (including phenoxy) is 4. The fourth-order valence-electron chi connectivity index (χ4n) is 4.72. The average molecular weight is 815 g/mol. The van der Waals surface area contributed by atoms with Crippen LogP contribution in [-0.4, -0.2) is 127 Å². The number of esters is 2. The first-order valence-electron chi connectivity index (χ1n) is 18.2. The van der Waals surface area contributed by atoms with E-state index in [1.807, 2.05) is 90.1 Å². The Labute approximate surface area is 337 Å². The fraction of sp³-hybridized carbons (Fsp3) is 0.474. The standard InChI is InChI=1S/C17H20N4O4S.C17H22N4O4S.2C2H6/c1-12-3-5-13(6-4-12)14(15(22)24-2)26-16-18-11-21(19-16)17(23)20-7-9-25-10-8-20;1-12-3-5-13(6-4-12)14(15(22)24-2)26-16(18)19-11-20-17(23)21-7-9-25-10-8-21;2*1-2/h3-6,11,14H,7-10H2,1-2H3;3-6,11,14H,7-10H2,1-2H3,(H2,18,19,20,23);2*1-2H3. The first-order chi connectivity index (χ1) is 27.1. The number of amides is 3. The maximum Gasteiger partial charge on any atom is 0.346 e. The Bertz CT molecular complexity index is 1710. The van der Waals surface area contributed by atoms with Gasteiger partial charge in [0.25, 0.3) is 0 Å². The maximum absolute atomic E-state index is 12.4. The molecule has 2 saturated heterocycles. The molecule has 3 heterocycles. The highest BCUT2D eigenvalue weighted by atomic mass is 32.2. The van der Waals surface area contributed by atoms with Crippen LogP contribution in [0.15, 0.2) is 70.0 Å². The quantitative estimate of drug-likeness (QED) is 0.126. The summed E-state index contributed by atoms with van der Waals surface area (Å²) in [4.78, 5) is 63.7. The molecule has 2 N–H and O–H groups in total. The van der Waals surface area contributed by atoms with E-state index in [0.29, 0.717) is 57.8 Å². The number of aryl methyl sites for hydroxylation is 2. The van der Waals surface area contributed by atoms with Crippen LogP contribution in [-0.2, 0) is 28.5 Å². The predicted octanol–water partition coefficient (Wildman–Crippen LogP) is 5.68. The number of carbonyl (C=O) groups is 4. The van der Waals surface area contributed by atoms with E-state index < -0.39 is 28.5 Å². The number of nitrogens with two attached hydrogens (primary N) is 1. The van der Waals surface area contributed by atoms with Gasteiger partial charge in [0.15, 0.2) is 5.17 Å². The summed E-state index contributed by atoms with van der Waals surface area (Å²) in [6.07, 6.45) is 2.47. The van der Waals surface area contributed by atoms with Crippen LogP contribution in [0.3, 0.4) is 0 Å². The van der Waals surface area contributed by atoms with Gasteiger partial charge in [-0.1, -0.05) is 111 Å². The maximum atomic E-state index is 12.4. The zero-order valence-electron chi connectivity index (χ0n) is 33.4. The molecule has 2 unspecified atom stereocenters. The highest BCUT2D eigenvalue weighted by Gasteiger charge is 2.27. The van der Waals surface area contributed by atoms with Gasteiger partial charge >= 0.3 is 24.0 Å². The van der Waals surface area contributed by atoms with Crippen molar-refractivity contribution < 1.29 is 38.1 Å². The molecule has 3 amide bonds. The van der Waals surface area contributed by atoms with Crippen molar-refractivity contribution in [2.45, 2.75) is 57.2 Å². The molecule has 0 bridgehead atoms. The van der Waals surface area contributed by atoms with Gasteiger partial charge in [0, 0.05) is 26.2 Å². The third-order valence-electron chi connectivity index (χ3n) is 7.64. The van der Waals surface area contributed by atoms with E-state index in [2.05, 4.69) is 20.1 Å². The Balaban J connectivity index is 0.000000355. The molecular formula is C38H54N8O8S2. The molecule has 2 fully saturated rings. The summed E-state index contributed by atoms with van der Waals surface area (Å²) in [5.74, 6) is -0.826. The number of nitrogens with zero attached hydrogens (tertiary/aromatic N) is 7. The largest absolute Gasteiger partial charge is 0.468 e. The molecule has 16 nitrogen and oxygen atoms in total. The fourth-order valence-corrected chi connectivity index (χ4v) is 6.50. The molecule has 56 heavy (non-hydrogen) atoms. The van der Waals surface area contributed by atoms with Crippen LogP contribution in [0.5, 0.6) is 0 Å². The molecule has 2 aliphatic rings. The smallest absolute Gasteiger partial charge is 0.346 e. The van der Waals surface area contributed by atoms with Crippen molar-refractivity contribution in [2.75, 3.05) is 66.8 Å². The highest BCUT2D eigenvalue weighted by Crippen LogP contribution is 2.34. The second-order valence-electron chi connectivity index (χ2n) is 11.3. The summed E-state index contributed by atoms with van der Waals surface area (Å²) in [5, 5.41) is 3.41. The molecule has 3 aromatic rings. The second-order valence-corrected chi connectivity index (χ2v) is 13.5. The Morgan fingerprint density at radius 2 is 1.23 bits per heavy atom. The minimum atomic E-state index is -0.646. The van der Waals surface area contributed by atoms with Gasteiger partial charge in [-0.15, -0.1) is 5.10 Å². The number of morpholine rings is 2. The van der Waals surface area contributed by atoms with Crippen LogP contribution in [0, 0.1) is 13.8 Å². The predicted molar refractivity (Wildman–Crippen MR) is 219 cm³/mol. The Morgan fingerprint density at radius 1 is 0.768 bits per heavy atom. The van der Waals surface area contributed by atoms with Crippen molar-refractivity contribution in [3.63, 3.8) is 0 Å². The average Bonchev–Trinajstić information content (AvgIpc) is 3.73. The van der Waals surface area contributed by atoms with Gasteiger partial charge in [0.1, 0.15) is 23.2 Å². The van der Waals surface area contributed by atoms with Gasteiger partial charge < -0.3 is 34.5 Å². The topological polar surface area (TPSA) is 193 Å². The number of carbonyl (C=O) groups excluding carboxylic acids is 4. The van der Waals surface area contributed by atoms with Crippen molar-refractivity contribution in [2.24, 2.45) is 15.7 Å². The number of thioether (sulfide) groups is 2. The van der Waals surface area contributed by atoms with E-state index in [1.54, 1.807) is 9.80 Å². The summed E-state index contributed by atoms with van der Waals surface area (Å²) in [5.41, 5.74) is 9.60. The molecule has 0 radical (unpaired) electrons. The SMILES string of the molecule is CC.CC.COC(=O)C(SC(N)=N/C=N/C(=O)N1CCOCC1)c1ccc(C)cc1.COC(=O)C(Sc1ncn(C(=O)N2CCOCC2)n1)c1ccc(C)cc1. The second kappa shape index (κ2) is 26.1. The molecule has 0 aliphatic carbocycles. The minimum absolute atomic E-state index is 0.111. The molecule has 306 valence electrons. The number of hydrogen-bond donors (Lipinski definition) is 1. The number of benzene rings is 2. The summed E-state index contributed by atoms with van der Waals surface area (Å²) < 4.78 is 21.4. The van der Waals surface area contributed by atoms with Gasteiger partial charge in [-0.25, -0.2) is 19.6 Å². The molecule has 2 aromatic carbocycles. The zero-order chi connectivity index (χ0) is 41.5. The van der Waals surface area contributed by atoms with Gasteiger partial charge in [0.2, 0.25) is 5.16 Å². The van der Waals surface area contributed by atoms with E-state index in [4.69, 9.17) is 24.7 Å². The summed E-state index contributed by atoms with van der Waals surface area (Å²) >= 11 is 2.19. The van der Waals surface area contributed by atoms with Gasteiger partial charge in [-0.2, -0.15) is 9.67 Å². The molecule has 18 heteroatoms. The lowest BCUT2D eigenvalue weighted by Crippen LogP contribution is -2.43. The van der Waals surface area contributed by atoms with E-state index in [1.165, 1.54) is 25.2 Å². The Hall–Kier alpha value is -4.78. The number of urea groups is 1. The number of amidine groups is 1. The number of aromatic nitrogens is 3. The van der Waals surface area contributed by atoms with Crippen LogP contribution >= 0.6 is 23.5 Å². The van der Waals surface area contributed by atoms with Crippen molar-refractivity contribution in [3.8, 4) is 0 Å². The normalized spacial score (nSPS) is 15.1. The number of rotatable bonds is 8. The zero-order valence-corrected chi connectivity index (χ0v) is 35.0. The van der Waals surface area contributed by atoms with Gasteiger partial charge in [-0.3, -0.25) is 9.59 Å². The summed E-state index contributed by atoms with van der Waals surface area (Å²) in [7, 11) is 2.66. The monoisotopic (exact) mass is 814 g/mol. The first kappa shape index (κ1) is 47.4. The molecule has 2 aliphatic heterocycles. The van der Waals surface area contributed by atoms with Crippen molar-refractivity contribution >= 4 is 59.0 Å². The number of methoxy groups -OCH3 is 2. The van der Waals surface area contributed by atoms with Gasteiger partial charge in [0.05, 0.1) is 40.6 Å². The third kappa shape index (κ3) is 15.4. The van der Waals surface area contributed by atoms with Crippen LogP contribution in [0.4, 0.5) is 9.59 Å². The summed E-state index contributed by atoms with van der Waals surface area (Å²) in [6.45, 7) is 16.0. The first-order valence-corrected chi connectivity index (χ1v) is 20.0. The van der Waals surface area contributed by atoms with Crippen LogP contribution in [0.1, 0.15) is 60.4 Å².